The fraction of sp³-hybridized carbons (Fsp3) is 0.474. The van der Waals surface area contributed by atoms with Crippen LogP contribution in [0.3, 0.4) is 0 Å². The summed E-state index contributed by atoms with van der Waals surface area (Å²) in [7, 11) is 0. The molecule has 1 fully saturated rings. The molecule has 8 nitrogen and oxygen atoms in total. The lowest BCUT2D eigenvalue weighted by Crippen LogP contribution is -2.35. The predicted octanol–water partition coefficient (Wildman–Crippen LogP) is 3.37. The number of aromatic nitrogens is 3. The zero-order chi connectivity index (χ0) is 21.5. The summed E-state index contributed by atoms with van der Waals surface area (Å²) in [5.74, 6) is 0.438. The highest BCUT2D eigenvalue weighted by atomic mass is 19.4. The number of nitrogens with zero attached hydrogens (tertiary/aromatic N) is 4. The van der Waals surface area contributed by atoms with Crippen LogP contribution < -0.4 is 15.5 Å². The Kier molecular flexibility index (Phi) is 5.22. The number of amides is 1. The number of carbonyl (C=O) groups is 1. The second-order valence-electron chi connectivity index (χ2n) is 7.41. The maximum absolute atomic E-state index is 13.7. The minimum atomic E-state index is -4.55. The summed E-state index contributed by atoms with van der Waals surface area (Å²) in [5.41, 5.74) is -0.176. The first kappa shape index (κ1) is 20.3. The molecule has 2 aliphatic heterocycles. The van der Waals surface area contributed by atoms with Crippen molar-refractivity contribution in [3.8, 4) is 11.4 Å². The largest absolute Gasteiger partial charge is 0.441 e. The van der Waals surface area contributed by atoms with Crippen LogP contribution in [-0.2, 0) is 10.9 Å². The van der Waals surface area contributed by atoms with Gasteiger partial charge in [-0.25, -0.2) is 19.7 Å². The molecule has 0 bridgehead atoms. The van der Waals surface area contributed by atoms with Crippen molar-refractivity contribution < 1.29 is 22.7 Å². The van der Waals surface area contributed by atoms with E-state index in [1.807, 2.05) is 11.8 Å². The Bertz CT molecular complexity index is 968. The van der Waals surface area contributed by atoms with Crippen LogP contribution in [0, 0.1) is 0 Å². The van der Waals surface area contributed by atoms with Crippen molar-refractivity contribution >= 4 is 17.7 Å². The molecular formula is C19H21F3N6O2. The standard InChI is InChI=1S/C19H21F3N6O2/c1-10-8-28(5-3-4-23-10)14-7-12(19(20,21)22)6-13(26-14)16-15-11(2)30-18(29)27-17(15)25-9-24-16/h6-7,9-11,23H,3-5,8H2,1-2H3,(H,24,25,27,29)/t10-,11+/m1/s1. The lowest BCUT2D eigenvalue weighted by molar-refractivity contribution is -0.137. The van der Waals surface area contributed by atoms with E-state index in [2.05, 4.69) is 25.6 Å². The minimum Gasteiger partial charge on any atom is -0.441 e. The molecule has 0 radical (unpaired) electrons. The molecule has 30 heavy (non-hydrogen) atoms. The van der Waals surface area contributed by atoms with E-state index in [0.717, 1.165) is 25.1 Å². The third kappa shape index (κ3) is 4.02. The van der Waals surface area contributed by atoms with Gasteiger partial charge in [-0.1, -0.05) is 0 Å². The number of nitrogens with one attached hydrogen (secondary N) is 2. The van der Waals surface area contributed by atoms with Gasteiger partial charge in [-0.2, -0.15) is 13.2 Å². The van der Waals surface area contributed by atoms with Gasteiger partial charge in [0.1, 0.15) is 29.8 Å². The van der Waals surface area contributed by atoms with Crippen LogP contribution in [0.4, 0.5) is 29.6 Å². The van der Waals surface area contributed by atoms with Crippen LogP contribution in [-0.4, -0.2) is 46.7 Å². The monoisotopic (exact) mass is 422 g/mol. The Morgan fingerprint density at radius 2 is 2.03 bits per heavy atom. The maximum Gasteiger partial charge on any atom is 0.416 e. The molecule has 0 aliphatic carbocycles. The fourth-order valence-electron chi connectivity index (χ4n) is 3.71. The average molecular weight is 422 g/mol. The van der Waals surface area contributed by atoms with Gasteiger partial charge in [0.05, 0.1) is 16.8 Å². The van der Waals surface area contributed by atoms with Crippen LogP contribution in [0.2, 0.25) is 0 Å². The SMILES string of the molecule is C[C@@H]1CN(c2cc(C(F)(F)F)cc(-c3ncnc4c3[C@H](C)OC(=O)N4)n2)CCCN1. The highest BCUT2D eigenvalue weighted by Crippen LogP contribution is 2.38. The first-order valence-electron chi connectivity index (χ1n) is 9.63. The molecule has 0 aromatic carbocycles. The number of halogens is 3. The predicted molar refractivity (Wildman–Crippen MR) is 103 cm³/mol. The van der Waals surface area contributed by atoms with Crippen molar-refractivity contribution in [2.45, 2.75) is 38.6 Å². The number of alkyl halides is 3. The molecule has 0 saturated carbocycles. The number of hydrogen-bond donors (Lipinski definition) is 2. The molecule has 2 aromatic heterocycles. The number of cyclic esters (lactones) is 1. The molecule has 0 spiro atoms. The van der Waals surface area contributed by atoms with Crippen molar-refractivity contribution in [3.05, 3.63) is 29.6 Å². The van der Waals surface area contributed by atoms with E-state index in [1.54, 1.807) is 6.92 Å². The Morgan fingerprint density at radius 3 is 2.80 bits per heavy atom. The molecule has 0 unspecified atom stereocenters. The summed E-state index contributed by atoms with van der Waals surface area (Å²) in [6.07, 6.45) is -3.98. The van der Waals surface area contributed by atoms with Gasteiger partial charge in [0, 0.05) is 19.1 Å². The van der Waals surface area contributed by atoms with Crippen molar-refractivity contribution in [1.82, 2.24) is 20.3 Å². The molecule has 2 atom stereocenters. The molecule has 1 saturated heterocycles. The van der Waals surface area contributed by atoms with Gasteiger partial charge < -0.3 is 15.0 Å². The summed E-state index contributed by atoms with van der Waals surface area (Å²) < 4.78 is 46.2. The molecule has 2 N–H and O–H groups in total. The quantitative estimate of drug-likeness (QED) is 0.767. The number of ether oxygens (including phenoxy) is 1. The van der Waals surface area contributed by atoms with Crippen LogP contribution >= 0.6 is 0 Å². The summed E-state index contributed by atoms with van der Waals surface area (Å²) in [6.45, 7) is 5.50. The van der Waals surface area contributed by atoms with Crippen molar-refractivity contribution in [1.29, 1.82) is 0 Å². The van der Waals surface area contributed by atoms with Gasteiger partial charge in [0.2, 0.25) is 0 Å². The molecule has 2 aliphatic rings. The van der Waals surface area contributed by atoms with Crippen molar-refractivity contribution in [2.24, 2.45) is 0 Å². The lowest BCUT2D eigenvalue weighted by atomic mass is 10.0. The Labute approximate surface area is 170 Å². The van der Waals surface area contributed by atoms with Crippen molar-refractivity contribution in [2.75, 3.05) is 29.9 Å². The van der Waals surface area contributed by atoms with E-state index in [9.17, 15) is 18.0 Å². The van der Waals surface area contributed by atoms with Crippen LogP contribution in [0.25, 0.3) is 11.4 Å². The third-order valence-corrected chi connectivity index (χ3v) is 5.09. The third-order valence-electron chi connectivity index (χ3n) is 5.09. The van der Waals surface area contributed by atoms with Gasteiger partial charge >= 0.3 is 12.3 Å². The summed E-state index contributed by atoms with van der Waals surface area (Å²) >= 11 is 0. The van der Waals surface area contributed by atoms with Gasteiger partial charge in [-0.15, -0.1) is 0 Å². The highest BCUT2D eigenvalue weighted by molar-refractivity contribution is 5.88. The fourth-order valence-corrected chi connectivity index (χ4v) is 3.71. The maximum atomic E-state index is 13.7. The van der Waals surface area contributed by atoms with E-state index in [-0.39, 0.29) is 29.1 Å². The topological polar surface area (TPSA) is 92.3 Å². The minimum absolute atomic E-state index is 0.0509. The van der Waals surface area contributed by atoms with Gasteiger partial charge in [0.25, 0.3) is 0 Å². The van der Waals surface area contributed by atoms with Gasteiger partial charge in [-0.3, -0.25) is 5.32 Å². The smallest absolute Gasteiger partial charge is 0.416 e. The Morgan fingerprint density at radius 1 is 1.23 bits per heavy atom. The van der Waals surface area contributed by atoms with Crippen molar-refractivity contribution in [3.63, 3.8) is 0 Å². The molecule has 11 heteroatoms. The summed E-state index contributed by atoms with van der Waals surface area (Å²) in [6, 6.07) is 2.15. The number of carbonyl (C=O) groups excluding carboxylic acids is 1. The second kappa shape index (κ2) is 7.71. The van der Waals surface area contributed by atoms with Gasteiger partial charge in [0.15, 0.2) is 0 Å². The number of pyridine rings is 1. The van der Waals surface area contributed by atoms with Crippen LogP contribution in [0.1, 0.15) is 37.5 Å². The lowest BCUT2D eigenvalue weighted by Gasteiger charge is -2.26. The molecule has 2 aromatic rings. The zero-order valence-corrected chi connectivity index (χ0v) is 16.5. The number of hydrogen-bond acceptors (Lipinski definition) is 7. The van der Waals surface area contributed by atoms with E-state index in [4.69, 9.17) is 4.74 Å². The summed E-state index contributed by atoms with van der Waals surface area (Å²) in [4.78, 5) is 26.2. The number of fused-ring (bicyclic) bond motifs is 1. The highest BCUT2D eigenvalue weighted by Gasteiger charge is 2.34. The number of rotatable bonds is 2. The average Bonchev–Trinajstić information content (AvgIpc) is 2.90. The molecule has 1 amide bonds. The molecule has 4 heterocycles. The summed E-state index contributed by atoms with van der Waals surface area (Å²) in [5, 5.41) is 5.77. The normalized spacial score (nSPS) is 22.0. The van der Waals surface area contributed by atoms with Crippen LogP contribution in [0.5, 0.6) is 0 Å². The molecular weight excluding hydrogens is 401 g/mol. The van der Waals surface area contributed by atoms with E-state index >= 15 is 0 Å². The zero-order valence-electron chi connectivity index (χ0n) is 16.5. The van der Waals surface area contributed by atoms with E-state index < -0.39 is 23.9 Å². The first-order chi connectivity index (χ1) is 14.2. The Balaban J connectivity index is 1.85. The van der Waals surface area contributed by atoms with Crippen LogP contribution in [0.15, 0.2) is 18.5 Å². The van der Waals surface area contributed by atoms with Gasteiger partial charge in [-0.05, 0) is 38.9 Å². The second-order valence-corrected chi connectivity index (χ2v) is 7.41. The van der Waals surface area contributed by atoms with E-state index in [0.29, 0.717) is 18.7 Å². The van der Waals surface area contributed by atoms with E-state index in [1.165, 1.54) is 6.33 Å². The molecule has 4 rings (SSSR count). The first-order valence-corrected chi connectivity index (χ1v) is 9.63. The molecule has 160 valence electrons. The number of anilines is 2. The Hall–Kier alpha value is -2.95.